The van der Waals surface area contributed by atoms with Crippen LogP contribution in [0.15, 0.2) is 40.4 Å². The van der Waals surface area contributed by atoms with Crippen molar-refractivity contribution in [1.82, 2.24) is 9.97 Å². The molecule has 2 rings (SSSR count). The minimum atomic E-state index is -0.206. The molecule has 1 aromatic heterocycles. The Bertz CT molecular complexity index is 526. The van der Waals surface area contributed by atoms with Gasteiger partial charge < -0.3 is 5.73 Å². The average Bonchev–Trinajstić information content (AvgIpc) is 2.36. The molecule has 3 nitrogen and oxygen atoms in total. The van der Waals surface area contributed by atoms with Crippen molar-refractivity contribution in [1.29, 1.82) is 0 Å². The van der Waals surface area contributed by atoms with Gasteiger partial charge in [0.25, 0.3) is 0 Å². The molecule has 0 atom stereocenters. The third-order valence-electron chi connectivity index (χ3n) is 2.25. The van der Waals surface area contributed by atoms with E-state index >= 15 is 0 Å². The molecule has 0 bridgehead atoms. The van der Waals surface area contributed by atoms with E-state index in [2.05, 4.69) is 9.97 Å². The van der Waals surface area contributed by atoms with E-state index in [0.29, 0.717) is 11.0 Å². The molecule has 0 fully saturated rings. The molecule has 2 N–H and O–H groups in total. The zero-order valence-corrected chi connectivity index (χ0v) is 12.1. The van der Waals surface area contributed by atoms with E-state index in [1.807, 2.05) is 6.92 Å². The Balaban J connectivity index is 1.79. The van der Waals surface area contributed by atoms with Gasteiger partial charge in [-0.05, 0) is 31.2 Å². The fourth-order valence-electron chi connectivity index (χ4n) is 1.45. The third kappa shape index (κ3) is 4.72. The lowest BCUT2D eigenvalue weighted by molar-refractivity contribution is 0.626. The summed E-state index contributed by atoms with van der Waals surface area (Å²) >= 11 is 3.26. The first-order valence-electron chi connectivity index (χ1n) is 5.76. The van der Waals surface area contributed by atoms with Gasteiger partial charge in [-0.25, -0.2) is 14.4 Å². The van der Waals surface area contributed by atoms with E-state index < -0.39 is 0 Å². The zero-order chi connectivity index (χ0) is 13.7. The van der Waals surface area contributed by atoms with E-state index in [1.165, 1.54) is 12.1 Å². The smallest absolute Gasteiger partial charge is 0.189 e. The van der Waals surface area contributed by atoms with E-state index in [9.17, 15) is 4.39 Å². The molecule has 0 radical (unpaired) electrons. The van der Waals surface area contributed by atoms with Gasteiger partial charge in [-0.15, -0.1) is 11.8 Å². The van der Waals surface area contributed by atoms with Gasteiger partial charge in [0, 0.05) is 28.2 Å². The number of hydrogen-bond donors (Lipinski definition) is 1. The number of thioether (sulfide) groups is 2. The summed E-state index contributed by atoms with van der Waals surface area (Å²) < 4.78 is 12.7. The van der Waals surface area contributed by atoms with E-state index in [-0.39, 0.29) is 5.82 Å². The highest BCUT2D eigenvalue weighted by atomic mass is 32.2. The lowest BCUT2D eigenvalue weighted by Gasteiger charge is -2.03. The van der Waals surface area contributed by atoms with Crippen LogP contribution in [0, 0.1) is 12.7 Å². The molecule has 0 saturated carbocycles. The minimum absolute atomic E-state index is 0.206. The molecule has 0 amide bonds. The van der Waals surface area contributed by atoms with Gasteiger partial charge in [-0.2, -0.15) is 0 Å². The van der Waals surface area contributed by atoms with Crippen LogP contribution >= 0.6 is 23.5 Å². The van der Waals surface area contributed by atoms with Crippen molar-refractivity contribution >= 4 is 29.3 Å². The van der Waals surface area contributed by atoms with Crippen molar-refractivity contribution in [2.45, 2.75) is 17.0 Å². The second kappa shape index (κ2) is 6.77. The van der Waals surface area contributed by atoms with Crippen molar-refractivity contribution in [3.8, 4) is 0 Å². The maximum Gasteiger partial charge on any atom is 0.189 e. The van der Waals surface area contributed by atoms with Crippen LogP contribution in [0.4, 0.5) is 10.2 Å². The summed E-state index contributed by atoms with van der Waals surface area (Å²) in [5.74, 6) is 2.09. The van der Waals surface area contributed by atoms with Crippen LogP contribution in [0.3, 0.4) is 0 Å². The molecule has 0 aliphatic rings. The van der Waals surface area contributed by atoms with Gasteiger partial charge in [0.05, 0.1) is 0 Å². The predicted octanol–water partition coefficient (Wildman–Crippen LogP) is 3.39. The highest BCUT2D eigenvalue weighted by molar-refractivity contribution is 8.02. The first kappa shape index (κ1) is 14.1. The molecule has 0 saturated heterocycles. The number of nitrogens with zero attached hydrogens (tertiary/aromatic N) is 2. The highest BCUT2D eigenvalue weighted by Gasteiger charge is 2.01. The fourth-order valence-corrected chi connectivity index (χ4v) is 3.24. The summed E-state index contributed by atoms with van der Waals surface area (Å²) in [6.07, 6.45) is 0. The molecule has 1 aromatic carbocycles. The van der Waals surface area contributed by atoms with Gasteiger partial charge in [-0.1, -0.05) is 11.8 Å². The van der Waals surface area contributed by atoms with Crippen molar-refractivity contribution in [2.24, 2.45) is 0 Å². The van der Waals surface area contributed by atoms with E-state index in [1.54, 1.807) is 41.7 Å². The van der Waals surface area contributed by atoms with Gasteiger partial charge in [-0.3, -0.25) is 0 Å². The van der Waals surface area contributed by atoms with E-state index in [0.717, 1.165) is 22.1 Å². The molecular weight excluding hydrogens is 281 g/mol. The highest BCUT2D eigenvalue weighted by Crippen LogP contribution is 2.22. The number of aryl methyl sites for hydroxylation is 1. The lowest BCUT2D eigenvalue weighted by Crippen LogP contribution is -1.97. The van der Waals surface area contributed by atoms with Crippen molar-refractivity contribution < 1.29 is 4.39 Å². The largest absolute Gasteiger partial charge is 0.384 e. The van der Waals surface area contributed by atoms with Crippen molar-refractivity contribution in [2.75, 3.05) is 17.2 Å². The van der Waals surface area contributed by atoms with Crippen LogP contribution in [-0.4, -0.2) is 21.5 Å². The SMILES string of the molecule is Cc1cc(N)nc(SCCSc2ccc(F)cc2)n1. The van der Waals surface area contributed by atoms with Gasteiger partial charge in [0.15, 0.2) is 5.16 Å². The zero-order valence-electron chi connectivity index (χ0n) is 10.5. The quantitative estimate of drug-likeness (QED) is 0.520. The third-order valence-corrected chi connectivity index (χ3v) is 4.37. The van der Waals surface area contributed by atoms with Gasteiger partial charge >= 0.3 is 0 Å². The predicted molar refractivity (Wildman–Crippen MR) is 79.0 cm³/mol. The number of benzene rings is 1. The summed E-state index contributed by atoms with van der Waals surface area (Å²) in [5, 5.41) is 0.706. The number of nitrogen functional groups attached to an aromatic ring is 1. The minimum Gasteiger partial charge on any atom is -0.384 e. The summed E-state index contributed by atoms with van der Waals surface area (Å²) in [6.45, 7) is 1.90. The van der Waals surface area contributed by atoms with Gasteiger partial charge in [0.2, 0.25) is 0 Å². The molecule has 0 aliphatic heterocycles. The number of anilines is 1. The Labute approximate surface area is 120 Å². The standard InChI is InChI=1S/C13H14FN3S2/c1-9-8-12(15)17-13(16-9)19-7-6-18-11-4-2-10(14)3-5-11/h2-5,8H,6-7H2,1H3,(H2,15,16,17). The monoisotopic (exact) mass is 295 g/mol. The first-order chi connectivity index (χ1) is 9.13. The molecule has 0 aliphatic carbocycles. The van der Waals surface area contributed by atoms with Crippen LogP contribution < -0.4 is 5.73 Å². The molecule has 0 unspecified atom stereocenters. The average molecular weight is 295 g/mol. The van der Waals surface area contributed by atoms with E-state index in [4.69, 9.17) is 5.73 Å². The Kier molecular flexibility index (Phi) is 5.04. The number of nitrogens with two attached hydrogens (primary N) is 1. The summed E-state index contributed by atoms with van der Waals surface area (Å²) in [5.41, 5.74) is 6.54. The second-order valence-electron chi connectivity index (χ2n) is 3.87. The summed E-state index contributed by atoms with van der Waals surface area (Å²) in [7, 11) is 0. The first-order valence-corrected chi connectivity index (χ1v) is 7.73. The fraction of sp³-hybridized carbons (Fsp3) is 0.231. The lowest BCUT2D eigenvalue weighted by atomic mass is 10.4. The number of halogens is 1. The maximum atomic E-state index is 12.7. The Morgan fingerprint density at radius 1 is 1.11 bits per heavy atom. The molecule has 2 aromatic rings. The molecule has 100 valence electrons. The van der Waals surface area contributed by atoms with Crippen molar-refractivity contribution in [3.63, 3.8) is 0 Å². The number of aromatic nitrogens is 2. The Morgan fingerprint density at radius 3 is 2.47 bits per heavy atom. The van der Waals surface area contributed by atoms with Crippen LogP contribution in [0.2, 0.25) is 0 Å². The van der Waals surface area contributed by atoms with Crippen LogP contribution in [0.25, 0.3) is 0 Å². The van der Waals surface area contributed by atoms with Crippen LogP contribution in [-0.2, 0) is 0 Å². The number of rotatable bonds is 5. The molecule has 19 heavy (non-hydrogen) atoms. The maximum absolute atomic E-state index is 12.7. The topological polar surface area (TPSA) is 51.8 Å². The Hall–Kier alpha value is -1.27. The summed E-state index contributed by atoms with van der Waals surface area (Å²) in [4.78, 5) is 9.53. The van der Waals surface area contributed by atoms with Crippen molar-refractivity contribution in [3.05, 3.63) is 41.8 Å². The van der Waals surface area contributed by atoms with Gasteiger partial charge in [0.1, 0.15) is 11.6 Å². The Morgan fingerprint density at radius 2 is 1.79 bits per heavy atom. The molecule has 1 heterocycles. The second-order valence-corrected chi connectivity index (χ2v) is 6.10. The van der Waals surface area contributed by atoms with Crippen LogP contribution in [0.5, 0.6) is 0 Å². The molecular formula is C13H14FN3S2. The summed E-state index contributed by atoms with van der Waals surface area (Å²) in [6, 6.07) is 8.26. The normalized spacial score (nSPS) is 10.6. The molecule has 0 spiro atoms. The van der Waals surface area contributed by atoms with Crippen LogP contribution in [0.1, 0.15) is 5.69 Å². The number of hydrogen-bond acceptors (Lipinski definition) is 5. The molecule has 6 heteroatoms.